The van der Waals surface area contributed by atoms with Gasteiger partial charge in [-0.3, -0.25) is 0 Å². The summed E-state index contributed by atoms with van der Waals surface area (Å²) in [5, 5.41) is 3.50. The lowest BCUT2D eigenvalue weighted by Crippen LogP contribution is -2.32. The summed E-state index contributed by atoms with van der Waals surface area (Å²) in [5.74, 6) is -0.331. The minimum absolute atomic E-state index is 0.568. The summed E-state index contributed by atoms with van der Waals surface area (Å²) in [6.07, 6.45) is 3.20. The zero-order valence-corrected chi connectivity index (χ0v) is 11.0. The molecule has 0 spiro atoms. The summed E-state index contributed by atoms with van der Waals surface area (Å²) in [6.45, 7) is 5.37. The molecule has 100 valence electrons. The Balaban J connectivity index is 1.99. The van der Waals surface area contributed by atoms with Crippen LogP contribution >= 0.6 is 0 Å². The first-order valence-electron chi connectivity index (χ1n) is 6.79. The van der Waals surface area contributed by atoms with Crippen LogP contribution in [-0.2, 0) is 6.42 Å². The van der Waals surface area contributed by atoms with Crippen molar-refractivity contribution in [1.29, 1.82) is 0 Å². The van der Waals surface area contributed by atoms with Gasteiger partial charge in [0.05, 0.1) is 0 Å². The van der Waals surface area contributed by atoms with Gasteiger partial charge in [0, 0.05) is 6.04 Å². The fraction of sp³-hybridized carbons (Fsp3) is 0.600. The smallest absolute Gasteiger partial charge is 0.159 e. The van der Waals surface area contributed by atoms with Crippen molar-refractivity contribution in [2.45, 2.75) is 39.2 Å². The Morgan fingerprint density at radius 2 is 2.00 bits per heavy atom. The first-order chi connectivity index (χ1) is 8.61. The zero-order valence-electron chi connectivity index (χ0n) is 11.0. The second-order valence-electron chi connectivity index (χ2n) is 5.31. The molecule has 3 heteroatoms. The van der Waals surface area contributed by atoms with Gasteiger partial charge >= 0.3 is 0 Å². The minimum atomic E-state index is -0.760. The van der Waals surface area contributed by atoms with Crippen molar-refractivity contribution in [1.82, 2.24) is 5.32 Å². The van der Waals surface area contributed by atoms with Gasteiger partial charge in [0.15, 0.2) is 11.6 Å². The lowest BCUT2D eigenvalue weighted by molar-refractivity contribution is 0.354. The normalized spacial score (nSPS) is 27.7. The van der Waals surface area contributed by atoms with Gasteiger partial charge in [-0.1, -0.05) is 19.9 Å². The second-order valence-corrected chi connectivity index (χ2v) is 5.31. The maximum atomic E-state index is 13.2. The molecule has 0 heterocycles. The molecule has 0 amide bonds. The van der Waals surface area contributed by atoms with Crippen molar-refractivity contribution < 1.29 is 8.78 Å². The van der Waals surface area contributed by atoms with Crippen molar-refractivity contribution in [2.24, 2.45) is 11.8 Å². The predicted molar refractivity (Wildman–Crippen MR) is 69.4 cm³/mol. The molecular formula is C15H21F2N. The Hall–Kier alpha value is -0.960. The van der Waals surface area contributed by atoms with Crippen molar-refractivity contribution in [3.05, 3.63) is 35.4 Å². The molecule has 1 aromatic carbocycles. The summed E-state index contributed by atoms with van der Waals surface area (Å²) >= 11 is 0. The van der Waals surface area contributed by atoms with Crippen LogP contribution in [0, 0.1) is 23.5 Å². The molecule has 0 aliphatic heterocycles. The van der Waals surface area contributed by atoms with Gasteiger partial charge in [-0.2, -0.15) is 0 Å². The first kappa shape index (κ1) is 13.5. The summed E-state index contributed by atoms with van der Waals surface area (Å²) in [6, 6.07) is 4.84. The van der Waals surface area contributed by atoms with E-state index in [1.807, 2.05) is 0 Å². The number of halogens is 2. The Morgan fingerprint density at radius 1 is 1.22 bits per heavy atom. The molecule has 0 radical (unpaired) electrons. The van der Waals surface area contributed by atoms with Gasteiger partial charge < -0.3 is 5.32 Å². The van der Waals surface area contributed by atoms with Crippen LogP contribution in [0.2, 0.25) is 0 Å². The van der Waals surface area contributed by atoms with E-state index in [1.165, 1.54) is 18.6 Å². The van der Waals surface area contributed by atoms with E-state index in [1.54, 1.807) is 6.07 Å². The standard InChI is InChI=1S/C15H21F2N/c1-3-18-15-7-5-12(10(15)2)8-11-4-6-13(16)14(17)9-11/h4,6,9-10,12,15,18H,3,5,7-8H2,1-2H3. The SMILES string of the molecule is CCNC1CCC(Cc2ccc(F)c(F)c2)C1C. The van der Waals surface area contributed by atoms with E-state index in [0.717, 1.165) is 24.9 Å². The second kappa shape index (κ2) is 5.79. The molecule has 0 saturated heterocycles. The Labute approximate surface area is 108 Å². The van der Waals surface area contributed by atoms with E-state index in [2.05, 4.69) is 19.2 Å². The van der Waals surface area contributed by atoms with E-state index in [9.17, 15) is 8.78 Å². The van der Waals surface area contributed by atoms with Crippen LogP contribution < -0.4 is 5.32 Å². The third-order valence-electron chi connectivity index (χ3n) is 4.17. The Morgan fingerprint density at radius 3 is 2.67 bits per heavy atom. The zero-order chi connectivity index (χ0) is 13.1. The molecule has 3 unspecified atom stereocenters. The molecule has 0 bridgehead atoms. The fourth-order valence-electron chi connectivity index (χ4n) is 3.06. The van der Waals surface area contributed by atoms with E-state index in [0.29, 0.717) is 17.9 Å². The molecule has 0 aromatic heterocycles. The van der Waals surface area contributed by atoms with E-state index >= 15 is 0 Å². The molecule has 1 aliphatic carbocycles. The van der Waals surface area contributed by atoms with E-state index in [-0.39, 0.29) is 0 Å². The van der Waals surface area contributed by atoms with Gasteiger partial charge in [0.1, 0.15) is 0 Å². The molecule has 18 heavy (non-hydrogen) atoms. The minimum Gasteiger partial charge on any atom is -0.314 e. The Bertz CT molecular complexity index is 405. The first-order valence-corrected chi connectivity index (χ1v) is 6.79. The number of hydrogen-bond donors (Lipinski definition) is 1. The van der Waals surface area contributed by atoms with Crippen molar-refractivity contribution in [3.8, 4) is 0 Å². The highest BCUT2D eigenvalue weighted by molar-refractivity contribution is 5.18. The lowest BCUT2D eigenvalue weighted by Gasteiger charge is -2.21. The largest absolute Gasteiger partial charge is 0.314 e. The molecule has 1 saturated carbocycles. The number of hydrogen-bond acceptors (Lipinski definition) is 1. The van der Waals surface area contributed by atoms with Crippen molar-refractivity contribution in [2.75, 3.05) is 6.54 Å². The van der Waals surface area contributed by atoms with Crippen LogP contribution in [-0.4, -0.2) is 12.6 Å². The van der Waals surface area contributed by atoms with Crippen LogP contribution in [0.25, 0.3) is 0 Å². The maximum Gasteiger partial charge on any atom is 0.159 e. The molecule has 1 fully saturated rings. The topological polar surface area (TPSA) is 12.0 Å². The van der Waals surface area contributed by atoms with Gasteiger partial charge in [0.2, 0.25) is 0 Å². The quantitative estimate of drug-likeness (QED) is 0.865. The molecule has 1 N–H and O–H groups in total. The summed E-state index contributed by atoms with van der Waals surface area (Å²) < 4.78 is 26.0. The molecule has 1 aromatic rings. The summed E-state index contributed by atoms with van der Waals surface area (Å²) in [7, 11) is 0. The molecule has 1 nitrogen and oxygen atoms in total. The summed E-state index contributed by atoms with van der Waals surface area (Å²) in [4.78, 5) is 0. The van der Waals surface area contributed by atoms with Gasteiger partial charge in [-0.05, 0) is 55.3 Å². The maximum absolute atomic E-state index is 13.2. The van der Waals surface area contributed by atoms with Crippen LogP contribution in [0.1, 0.15) is 32.3 Å². The van der Waals surface area contributed by atoms with Gasteiger partial charge in [-0.15, -0.1) is 0 Å². The van der Waals surface area contributed by atoms with Gasteiger partial charge in [-0.25, -0.2) is 8.78 Å². The lowest BCUT2D eigenvalue weighted by atomic mass is 9.89. The predicted octanol–water partition coefficient (Wildman–Crippen LogP) is 3.53. The number of benzene rings is 1. The molecule has 1 aliphatic rings. The highest BCUT2D eigenvalue weighted by Gasteiger charge is 2.31. The van der Waals surface area contributed by atoms with Crippen LogP contribution in [0.5, 0.6) is 0 Å². The average molecular weight is 253 g/mol. The van der Waals surface area contributed by atoms with Crippen molar-refractivity contribution in [3.63, 3.8) is 0 Å². The molecule has 2 rings (SSSR count). The fourth-order valence-corrected chi connectivity index (χ4v) is 3.06. The summed E-state index contributed by atoms with van der Waals surface area (Å²) in [5.41, 5.74) is 0.905. The van der Waals surface area contributed by atoms with Crippen LogP contribution in [0.4, 0.5) is 8.78 Å². The highest BCUT2D eigenvalue weighted by atomic mass is 19.2. The highest BCUT2D eigenvalue weighted by Crippen LogP contribution is 2.34. The molecule has 3 atom stereocenters. The van der Waals surface area contributed by atoms with Crippen LogP contribution in [0.15, 0.2) is 18.2 Å². The number of rotatable bonds is 4. The molecular weight excluding hydrogens is 232 g/mol. The van der Waals surface area contributed by atoms with Gasteiger partial charge in [0.25, 0.3) is 0 Å². The number of nitrogens with one attached hydrogen (secondary N) is 1. The average Bonchev–Trinajstić information content (AvgIpc) is 2.67. The monoisotopic (exact) mass is 253 g/mol. The van der Waals surface area contributed by atoms with E-state index in [4.69, 9.17) is 0 Å². The third kappa shape index (κ3) is 2.89. The van der Waals surface area contributed by atoms with Crippen molar-refractivity contribution >= 4 is 0 Å². The van der Waals surface area contributed by atoms with Crippen LogP contribution in [0.3, 0.4) is 0 Å². The Kier molecular flexibility index (Phi) is 4.33. The van der Waals surface area contributed by atoms with E-state index < -0.39 is 11.6 Å². The third-order valence-corrected chi connectivity index (χ3v) is 4.17.